The molecule has 1 saturated heterocycles. The maximum Gasteiger partial charge on any atom is 0.240 e. The molecule has 136 valence electrons. The average Bonchev–Trinajstić information content (AvgIpc) is 2.51. The van der Waals surface area contributed by atoms with Crippen molar-refractivity contribution in [2.45, 2.75) is 24.8 Å². The van der Waals surface area contributed by atoms with Gasteiger partial charge in [0, 0.05) is 38.8 Å². The summed E-state index contributed by atoms with van der Waals surface area (Å²) in [6, 6.07) is 3.55. The molecule has 24 heavy (non-hydrogen) atoms. The molecule has 0 aromatic heterocycles. The van der Waals surface area contributed by atoms with Crippen LogP contribution in [-0.2, 0) is 10.0 Å². The predicted molar refractivity (Wildman–Crippen MR) is 94.3 cm³/mol. The van der Waals surface area contributed by atoms with Gasteiger partial charge < -0.3 is 4.90 Å². The highest BCUT2D eigenvalue weighted by atomic mass is 35.5. The molecular formula is C16H25ClFN3O2S. The van der Waals surface area contributed by atoms with Crippen molar-refractivity contribution >= 4 is 21.6 Å². The molecule has 1 atom stereocenters. The molecule has 1 fully saturated rings. The fourth-order valence-corrected chi connectivity index (χ4v) is 4.18. The second-order valence-corrected chi connectivity index (χ2v) is 8.75. The van der Waals surface area contributed by atoms with Crippen LogP contribution in [0, 0.1) is 11.7 Å². The number of rotatable bonds is 6. The summed E-state index contributed by atoms with van der Waals surface area (Å²) < 4.78 is 40.7. The van der Waals surface area contributed by atoms with Crippen molar-refractivity contribution < 1.29 is 12.8 Å². The monoisotopic (exact) mass is 377 g/mol. The van der Waals surface area contributed by atoms with Gasteiger partial charge in [-0.25, -0.2) is 17.5 Å². The van der Waals surface area contributed by atoms with Crippen LogP contribution in [0.2, 0.25) is 5.02 Å². The number of likely N-dealkylation sites (N-methyl/N-ethyl adjacent to an activating group) is 1. The Morgan fingerprint density at radius 3 is 2.42 bits per heavy atom. The van der Waals surface area contributed by atoms with E-state index in [4.69, 9.17) is 11.6 Å². The number of nitrogens with zero attached hydrogens (tertiary/aromatic N) is 2. The summed E-state index contributed by atoms with van der Waals surface area (Å²) in [7, 11) is -1.63. The molecule has 1 aliphatic heterocycles. The zero-order valence-electron chi connectivity index (χ0n) is 14.3. The molecule has 1 heterocycles. The van der Waals surface area contributed by atoms with Crippen LogP contribution in [0.15, 0.2) is 23.1 Å². The van der Waals surface area contributed by atoms with Crippen molar-refractivity contribution in [3.63, 3.8) is 0 Å². The number of benzene rings is 1. The lowest BCUT2D eigenvalue weighted by Crippen LogP contribution is -2.54. The standard InChI is InChI=1S/C16H25ClFN3O2S/c1-12(2)16(21-8-6-20(3)7-9-21)11-19-24(22,23)13-4-5-15(18)14(17)10-13/h4-5,10,12,16,19H,6-9,11H2,1-3H3. The Hall–Kier alpha value is -0.730. The minimum atomic E-state index is -3.72. The predicted octanol–water partition coefficient (Wildman–Crippen LogP) is 2.03. The van der Waals surface area contributed by atoms with Crippen LogP contribution in [0.1, 0.15) is 13.8 Å². The van der Waals surface area contributed by atoms with Gasteiger partial charge >= 0.3 is 0 Å². The summed E-state index contributed by atoms with van der Waals surface area (Å²) >= 11 is 5.69. The highest BCUT2D eigenvalue weighted by Crippen LogP contribution is 2.20. The molecule has 0 saturated carbocycles. The lowest BCUT2D eigenvalue weighted by atomic mass is 10.0. The summed E-state index contributed by atoms with van der Waals surface area (Å²) in [5.41, 5.74) is 0. The first kappa shape index (κ1) is 19.6. The molecule has 1 unspecified atom stereocenters. The van der Waals surface area contributed by atoms with E-state index in [1.54, 1.807) is 0 Å². The van der Waals surface area contributed by atoms with Gasteiger partial charge in [-0.1, -0.05) is 25.4 Å². The Morgan fingerprint density at radius 1 is 1.25 bits per heavy atom. The average molecular weight is 378 g/mol. The number of hydrogen-bond donors (Lipinski definition) is 1. The highest BCUT2D eigenvalue weighted by Gasteiger charge is 2.27. The Bertz CT molecular complexity index is 661. The van der Waals surface area contributed by atoms with Crippen LogP contribution in [0.4, 0.5) is 4.39 Å². The molecule has 0 aliphatic carbocycles. The molecule has 2 rings (SSSR count). The van der Waals surface area contributed by atoms with E-state index in [0.29, 0.717) is 12.5 Å². The maximum atomic E-state index is 13.2. The van der Waals surface area contributed by atoms with Crippen molar-refractivity contribution in [1.29, 1.82) is 0 Å². The van der Waals surface area contributed by atoms with Crippen LogP contribution in [-0.4, -0.2) is 64.0 Å². The molecule has 0 amide bonds. The lowest BCUT2D eigenvalue weighted by molar-refractivity contribution is 0.0905. The zero-order chi connectivity index (χ0) is 17.9. The third-order valence-electron chi connectivity index (χ3n) is 4.46. The van der Waals surface area contributed by atoms with Crippen molar-refractivity contribution in [2.75, 3.05) is 39.8 Å². The Kier molecular flexibility index (Phi) is 6.61. The van der Waals surface area contributed by atoms with Crippen molar-refractivity contribution in [2.24, 2.45) is 5.92 Å². The van der Waals surface area contributed by atoms with E-state index < -0.39 is 15.8 Å². The summed E-state index contributed by atoms with van der Waals surface area (Å²) in [6.45, 7) is 8.29. The molecule has 1 aromatic rings. The number of hydrogen-bond acceptors (Lipinski definition) is 4. The summed E-state index contributed by atoms with van der Waals surface area (Å²) in [6.07, 6.45) is 0. The quantitative estimate of drug-likeness (QED) is 0.824. The smallest absolute Gasteiger partial charge is 0.240 e. The third-order valence-corrected chi connectivity index (χ3v) is 6.17. The highest BCUT2D eigenvalue weighted by molar-refractivity contribution is 7.89. The zero-order valence-corrected chi connectivity index (χ0v) is 15.9. The molecule has 1 N–H and O–H groups in total. The third kappa shape index (κ3) is 4.89. The first-order chi connectivity index (χ1) is 11.2. The van der Waals surface area contributed by atoms with E-state index in [2.05, 4.69) is 35.4 Å². The van der Waals surface area contributed by atoms with Gasteiger partial charge in [0.1, 0.15) is 5.82 Å². The van der Waals surface area contributed by atoms with Gasteiger partial charge in [0.25, 0.3) is 0 Å². The Morgan fingerprint density at radius 2 is 1.88 bits per heavy atom. The van der Waals surface area contributed by atoms with Crippen molar-refractivity contribution in [3.8, 4) is 0 Å². The van der Waals surface area contributed by atoms with E-state index in [-0.39, 0.29) is 16.0 Å². The van der Waals surface area contributed by atoms with Gasteiger partial charge in [-0.15, -0.1) is 0 Å². The normalized spacial score (nSPS) is 18.9. The minimum Gasteiger partial charge on any atom is -0.304 e. The molecule has 1 aromatic carbocycles. The number of sulfonamides is 1. The lowest BCUT2D eigenvalue weighted by Gasteiger charge is -2.39. The molecule has 5 nitrogen and oxygen atoms in total. The van der Waals surface area contributed by atoms with E-state index in [1.165, 1.54) is 6.07 Å². The van der Waals surface area contributed by atoms with Gasteiger partial charge in [0.2, 0.25) is 10.0 Å². The number of nitrogens with one attached hydrogen (secondary N) is 1. The second-order valence-electron chi connectivity index (χ2n) is 6.58. The van der Waals surface area contributed by atoms with Gasteiger partial charge in [-0.3, -0.25) is 4.90 Å². The molecule has 0 spiro atoms. The van der Waals surface area contributed by atoms with E-state index in [0.717, 1.165) is 38.3 Å². The van der Waals surface area contributed by atoms with Gasteiger partial charge in [-0.2, -0.15) is 0 Å². The molecule has 0 bridgehead atoms. The summed E-state index contributed by atoms with van der Waals surface area (Å²) in [5, 5.41) is -0.197. The minimum absolute atomic E-state index is 0.0187. The Balaban J connectivity index is 2.06. The number of piperazine rings is 1. The SMILES string of the molecule is CC(C)C(CNS(=O)(=O)c1ccc(F)c(Cl)c1)N1CCN(C)CC1. The Labute approximate surface area is 148 Å². The molecule has 0 radical (unpaired) electrons. The van der Waals surface area contributed by atoms with Crippen LogP contribution in [0.3, 0.4) is 0 Å². The maximum absolute atomic E-state index is 13.2. The van der Waals surface area contributed by atoms with E-state index in [1.807, 2.05) is 0 Å². The topological polar surface area (TPSA) is 52.7 Å². The van der Waals surface area contributed by atoms with Crippen LogP contribution in [0.25, 0.3) is 0 Å². The molecular weight excluding hydrogens is 353 g/mol. The molecule has 1 aliphatic rings. The van der Waals surface area contributed by atoms with Gasteiger partial charge in [0.05, 0.1) is 9.92 Å². The van der Waals surface area contributed by atoms with Crippen molar-refractivity contribution in [3.05, 3.63) is 29.0 Å². The van der Waals surface area contributed by atoms with E-state index >= 15 is 0 Å². The number of halogens is 2. The van der Waals surface area contributed by atoms with Gasteiger partial charge in [-0.05, 0) is 31.2 Å². The summed E-state index contributed by atoms with van der Waals surface area (Å²) in [4.78, 5) is 4.57. The first-order valence-electron chi connectivity index (χ1n) is 8.08. The first-order valence-corrected chi connectivity index (χ1v) is 9.94. The largest absolute Gasteiger partial charge is 0.304 e. The summed E-state index contributed by atoms with van der Waals surface area (Å²) in [5.74, 6) is -0.318. The van der Waals surface area contributed by atoms with Crippen LogP contribution in [0.5, 0.6) is 0 Å². The fraction of sp³-hybridized carbons (Fsp3) is 0.625. The fourth-order valence-electron chi connectivity index (χ4n) is 2.86. The second kappa shape index (κ2) is 8.10. The van der Waals surface area contributed by atoms with Crippen molar-refractivity contribution in [1.82, 2.24) is 14.5 Å². The van der Waals surface area contributed by atoms with E-state index in [9.17, 15) is 12.8 Å². The van der Waals surface area contributed by atoms with Crippen LogP contribution >= 0.6 is 11.6 Å². The van der Waals surface area contributed by atoms with Crippen LogP contribution < -0.4 is 4.72 Å². The van der Waals surface area contributed by atoms with Gasteiger partial charge in [0.15, 0.2) is 0 Å². The molecule has 8 heteroatoms.